The summed E-state index contributed by atoms with van der Waals surface area (Å²) in [7, 11) is 1.28. The van der Waals surface area contributed by atoms with Crippen molar-refractivity contribution in [2.75, 3.05) is 20.3 Å². The summed E-state index contributed by atoms with van der Waals surface area (Å²) in [6, 6.07) is 2.84. The molecule has 1 rings (SSSR count). The van der Waals surface area contributed by atoms with Crippen LogP contribution in [0.15, 0.2) is 37.4 Å². The van der Waals surface area contributed by atoms with Crippen molar-refractivity contribution in [3.63, 3.8) is 0 Å². The number of carbonyl (C=O) groups excluding carboxylic acids is 1. The van der Waals surface area contributed by atoms with Crippen molar-refractivity contribution in [2.45, 2.75) is 12.8 Å². The molecular formula is C16H20O5. The fourth-order valence-electron chi connectivity index (χ4n) is 1.54. The molecule has 0 unspecified atom stereocenters. The van der Waals surface area contributed by atoms with Gasteiger partial charge in [0, 0.05) is 0 Å². The Bertz CT molecular complexity index is 472. The predicted octanol–water partition coefficient (Wildman–Crippen LogP) is 3.09. The minimum atomic E-state index is -0.530. The summed E-state index contributed by atoms with van der Waals surface area (Å²) in [5.74, 6) is -0.324. The van der Waals surface area contributed by atoms with Crippen LogP contribution in [0.5, 0.6) is 17.2 Å². The van der Waals surface area contributed by atoms with Crippen molar-refractivity contribution in [2.24, 2.45) is 0 Å². The fourth-order valence-corrected chi connectivity index (χ4v) is 1.54. The predicted molar refractivity (Wildman–Crippen MR) is 80.1 cm³/mol. The number of rotatable bonds is 9. The topological polar surface area (TPSA) is 65.0 Å². The summed E-state index contributed by atoms with van der Waals surface area (Å²) >= 11 is 0. The molecule has 0 atom stereocenters. The highest BCUT2D eigenvalue weighted by Crippen LogP contribution is 2.38. The van der Waals surface area contributed by atoms with Crippen LogP contribution in [-0.4, -0.2) is 31.4 Å². The third-order valence-corrected chi connectivity index (χ3v) is 2.62. The van der Waals surface area contributed by atoms with E-state index < -0.39 is 5.97 Å². The van der Waals surface area contributed by atoms with Crippen molar-refractivity contribution in [1.29, 1.82) is 0 Å². The molecule has 5 nitrogen and oxygen atoms in total. The van der Waals surface area contributed by atoms with E-state index in [-0.39, 0.29) is 22.8 Å². The first-order valence-corrected chi connectivity index (χ1v) is 6.56. The number of methoxy groups -OCH3 is 1. The number of phenolic OH excluding ortho intramolecular Hbond substituents is 1. The standard InChI is InChI=1S/C16H20O5/c1-4-6-8-20-13-10-12(16(18)19-3)11-14(15(13)17)21-9-7-5-2/h4-5,10-11,17H,1-2,6-9H2,3H3. The van der Waals surface area contributed by atoms with Gasteiger partial charge in [0.05, 0.1) is 25.9 Å². The Hall–Kier alpha value is -2.43. The number of aromatic hydroxyl groups is 1. The molecule has 5 heteroatoms. The van der Waals surface area contributed by atoms with Crippen molar-refractivity contribution < 1.29 is 24.1 Å². The van der Waals surface area contributed by atoms with E-state index in [1.54, 1.807) is 12.2 Å². The van der Waals surface area contributed by atoms with Crippen LogP contribution in [0.3, 0.4) is 0 Å². The molecule has 1 aromatic rings. The van der Waals surface area contributed by atoms with Gasteiger partial charge in [-0.1, -0.05) is 12.2 Å². The Labute approximate surface area is 124 Å². The fraction of sp³-hybridized carbons (Fsp3) is 0.312. The molecular weight excluding hydrogens is 272 g/mol. The van der Waals surface area contributed by atoms with E-state index in [9.17, 15) is 9.90 Å². The van der Waals surface area contributed by atoms with E-state index in [1.165, 1.54) is 19.2 Å². The van der Waals surface area contributed by atoms with E-state index in [0.717, 1.165) is 0 Å². The molecule has 21 heavy (non-hydrogen) atoms. The van der Waals surface area contributed by atoms with Crippen molar-refractivity contribution in [1.82, 2.24) is 0 Å². The molecule has 0 saturated carbocycles. The van der Waals surface area contributed by atoms with Gasteiger partial charge in [-0.25, -0.2) is 4.79 Å². The molecule has 0 radical (unpaired) electrons. The summed E-state index contributed by atoms with van der Waals surface area (Å²) in [6.07, 6.45) is 4.63. The number of hydrogen-bond donors (Lipinski definition) is 1. The molecule has 0 aliphatic heterocycles. The Balaban J connectivity index is 3.02. The van der Waals surface area contributed by atoms with Gasteiger partial charge in [0.25, 0.3) is 0 Å². The second-order valence-electron chi connectivity index (χ2n) is 4.16. The molecule has 0 bridgehead atoms. The zero-order valence-corrected chi connectivity index (χ0v) is 12.1. The van der Waals surface area contributed by atoms with Gasteiger partial charge in [0.2, 0.25) is 5.75 Å². The number of ether oxygens (including phenoxy) is 3. The number of phenols is 1. The maximum absolute atomic E-state index is 11.6. The van der Waals surface area contributed by atoms with E-state index >= 15 is 0 Å². The number of esters is 1. The van der Waals surface area contributed by atoms with Crippen LogP contribution in [0.1, 0.15) is 23.2 Å². The normalized spacial score (nSPS) is 9.76. The molecule has 1 aromatic carbocycles. The molecule has 0 fully saturated rings. The van der Waals surface area contributed by atoms with Gasteiger partial charge in [-0.2, -0.15) is 0 Å². The highest BCUT2D eigenvalue weighted by Gasteiger charge is 2.16. The first kappa shape index (κ1) is 16.6. The lowest BCUT2D eigenvalue weighted by atomic mass is 10.2. The summed E-state index contributed by atoms with van der Waals surface area (Å²) < 4.78 is 15.5. The van der Waals surface area contributed by atoms with Gasteiger partial charge in [-0.05, 0) is 25.0 Å². The molecule has 0 saturated heterocycles. The zero-order chi connectivity index (χ0) is 15.7. The average molecular weight is 292 g/mol. The Morgan fingerprint density at radius 3 is 2.00 bits per heavy atom. The van der Waals surface area contributed by atoms with Gasteiger partial charge >= 0.3 is 5.97 Å². The second kappa shape index (κ2) is 8.68. The molecule has 0 aromatic heterocycles. The Kier molecular flexibility index (Phi) is 6.87. The monoisotopic (exact) mass is 292 g/mol. The number of benzene rings is 1. The molecule has 1 N–H and O–H groups in total. The molecule has 114 valence electrons. The van der Waals surface area contributed by atoms with Gasteiger partial charge < -0.3 is 19.3 Å². The maximum Gasteiger partial charge on any atom is 0.338 e. The highest BCUT2D eigenvalue weighted by molar-refractivity contribution is 5.91. The van der Waals surface area contributed by atoms with Crippen LogP contribution < -0.4 is 9.47 Å². The molecule has 0 heterocycles. The first-order chi connectivity index (χ1) is 10.1. The first-order valence-electron chi connectivity index (χ1n) is 6.56. The molecule has 0 spiro atoms. The van der Waals surface area contributed by atoms with Crippen LogP contribution in [0.4, 0.5) is 0 Å². The SMILES string of the molecule is C=CCCOc1cc(C(=O)OC)cc(OCCC=C)c1O. The number of carbonyl (C=O) groups is 1. The second-order valence-corrected chi connectivity index (χ2v) is 4.16. The van der Waals surface area contributed by atoms with Crippen molar-refractivity contribution in [3.05, 3.63) is 43.0 Å². The summed E-state index contributed by atoms with van der Waals surface area (Å²) in [4.78, 5) is 11.6. The van der Waals surface area contributed by atoms with Gasteiger partial charge in [-0.3, -0.25) is 0 Å². The third kappa shape index (κ3) is 4.87. The van der Waals surface area contributed by atoms with E-state index in [1.807, 2.05) is 0 Å². The van der Waals surface area contributed by atoms with E-state index in [0.29, 0.717) is 26.1 Å². The minimum absolute atomic E-state index is 0.143. The number of hydrogen-bond acceptors (Lipinski definition) is 5. The van der Waals surface area contributed by atoms with Crippen LogP contribution in [0, 0.1) is 0 Å². The summed E-state index contributed by atoms with van der Waals surface area (Å²) in [5, 5.41) is 10.1. The lowest BCUT2D eigenvalue weighted by molar-refractivity contribution is 0.0599. The summed E-state index contributed by atoms with van der Waals surface area (Å²) in [6.45, 7) is 7.86. The average Bonchev–Trinajstić information content (AvgIpc) is 2.50. The zero-order valence-electron chi connectivity index (χ0n) is 12.1. The maximum atomic E-state index is 11.6. The van der Waals surface area contributed by atoms with Crippen LogP contribution in [-0.2, 0) is 4.74 Å². The van der Waals surface area contributed by atoms with Crippen LogP contribution in [0.2, 0.25) is 0 Å². The quantitative estimate of drug-likeness (QED) is 0.430. The summed E-state index contributed by atoms with van der Waals surface area (Å²) in [5.41, 5.74) is 0.248. The lowest BCUT2D eigenvalue weighted by Gasteiger charge is -2.13. The van der Waals surface area contributed by atoms with Gasteiger partial charge in [0.15, 0.2) is 11.5 Å². The highest BCUT2D eigenvalue weighted by atomic mass is 16.5. The minimum Gasteiger partial charge on any atom is -0.502 e. The third-order valence-electron chi connectivity index (χ3n) is 2.62. The van der Waals surface area contributed by atoms with E-state index in [2.05, 4.69) is 17.9 Å². The Morgan fingerprint density at radius 2 is 1.62 bits per heavy atom. The van der Waals surface area contributed by atoms with Gasteiger partial charge in [-0.15, -0.1) is 13.2 Å². The molecule has 0 amide bonds. The molecule has 0 aliphatic rings. The van der Waals surface area contributed by atoms with Crippen molar-refractivity contribution >= 4 is 5.97 Å². The van der Waals surface area contributed by atoms with Crippen LogP contribution in [0.25, 0.3) is 0 Å². The van der Waals surface area contributed by atoms with Gasteiger partial charge in [0.1, 0.15) is 0 Å². The largest absolute Gasteiger partial charge is 0.502 e. The van der Waals surface area contributed by atoms with Crippen molar-refractivity contribution in [3.8, 4) is 17.2 Å². The lowest BCUT2D eigenvalue weighted by Crippen LogP contribution is -2.05. The molecule has 0 aliphatic carbocycles. The van der Waals surface area contributed by atoms with E-state index in [4.69, 9.17) is 9.47 Å². The Morgan fingerprint density at radius 1 is 1.14 bits per heavy atom. The smallest absolute Gasteiger partial charge is 0.338 e. The van der Waals surface area contributed by atoms with Crippen LogP contribution >= 0.6 is 0 Å².